The average Bonchev–Trinajstić information content (AvgIpc) is 3.33. The molecule has 28 heavy (non-hydrogen) atoms. The summed E-state index contributed by atoms with van der Waals surface area (Å²) in [4.78, 5) is 20.7. The molecule has 1 aromatic carbocycles. The fourth-order valence-corrected chi connectivity index (χ4v) is 2.95. The van der Waals surface area contributed by atoms with E-state index in [9.17, 15) is 4.79 Å². The number of nitrogens with zero attached hydrogens (tertiary/aromatic N) is 2. The van der Waals surface area contributed by atoms with Crippen molar-refractivity contribution in [2.24, 2.45) is 4.99 Å². The highest BCUT2D eigenvalue weighted by atomic mass is 16.5. The van der Waals surface area contributed by atoms with Crippen molar-refractivity contribution in [2.45, 2.75) is 45.9 Å². The summed E-state index contributed by atoms with van der Waals surface area (Å²) in [7, 11) is 1.71. The molecule has 1 aromatic heterocycles. The monoisotopic (exact) mass is 385 g/mol. The second-order valence-corrected chi connectivity index (χ2v) is 6.72. The molecule has 3 N–H and O–H groups in total. The lowest BCUT2D eigenvalue weighted by atomic mass is 10.2. The molecule has 1 atom stereocenters. The molecule has 0 radical (unpaired) electrons. The van der Waals surface area contributed by atoms with Gasteiger partial charge in [-0.05, 0) is 44.4 Å². The number of aromatic nitrogens is 1. The van der Waals surface area contributed by atoms with Gasteiger partial charge in [0.25, 0.3) is 5.91 Å². The quantitative estimate of drug-likeness (QED) is 0.521. The van der Waals surface area contributed by atoms with Crippen LogP contribution in [0.2, 0.25) is 0 Å². The van der Waals surface area contributed by atoms with E-state index in [4.69, 9.17) is 9.15 Å². The minimum atomic E-state index is -0.340. The van der Waals surface area contributed by atoms with Crippen molar-refractivity contribution in [1.29, 1.82) is 0 Å². The number of hydrogen-bond donors (Lipinski definition) is 3. The van der Waals surface area contributed by atoms with Gasteiger partial charge in [-0.3, -0.25) is 9.79 Å². The lowest BCUT2D eigenvalue weighted by molar-refractivity contribution is -0.124. The molecule has 0 bridgehead atoms. The summed E-state index contributed by atoms with van der Waals surface area (Å²) >= 11 is 0. The Labute approximate surface area is 164 Å². The van der Waals surface area contributed by atoms with Gasteiger partial charge in [-0.15, -0.1) is 0 Å². The summed E-state index contributed by atoms with van der Waals surface area (Å²) in [6.45, 7) is 5.48. The number of oxazole rings is 1. The van der Waals surface area contributed by atoms with Gasteiger partial charge in [0.1, 0.15) is 11.9 Å². The molecule has 1 amide bonds. The number of guanidine groups is 1. The number of benzene rings is 1. The number of anilines is 1. The normalized spacial score (nSPS) is 16.8. The highest BCUT2D eigenvalue weighted by Gasteiger charge is 2.23. The van der Waals surface area contributed by atoms with Crippen LogP contribution >= 0.6 is 0 Å². The van der Waals surface area contributed by atoms with E-state index in [0.717, 1.165) is 35.5 Å². The van der Waals surface area contributed by atoms with Crippen LogP contribution in [0.25, 0.3) is 0 Å². The summed E-state index contributed by atoms with van der Waals surface area (Å²) in [5.74, 6) is 2.00. The Balaban J connectivity index is 1.50. The zero-order chi connectivity index (χ0) is 19.9. The molecule has 1 fully saturated rings. The van der Waals surface area contributed by atoms with E-state index in [0.29, 0.717) is 31.5 Å². The molecule has 2 aromatic rings. The van der Waals surface area contributed by atoms with Gasteiger partial charge in [0.15, 0.2) is 5.96 Å². The molecule has 0 saturated carbocycles. The third-order valence-electron chi connectivity index (χ3n) is 4.58. The van der Waals surface area contributed by atoms with Crippen molar-refractivity contribution in [3.63, 3.8) is 0 Å². The molecular weight excluding hydrogens is 358 g/mol. The molecule has 3 rings (SSSR count). The fourth-order valence-electron chi connectivity index (χ4n) is 2.95. The molecule has 1 aliphatic rings. The van der Waals surface area contributed by atoms with Crippen LogP contribution in [0.4, 0.5) is 5.69 Å². The van der Waals surface area contributed by atoms with E-state index in [1.165, 1.54) is 0 Å². The van der Waals surface area contributed by atoms with Gasteiger partial charge in [-0.2, -0.15) is 0 Å². The van der Waals surface area contributed by atoms with Gasteiger partial charge in [0.2, 0.25) is 5.89 Å². The molecule has 150 valence electrons. The first-order valence-electron chi connectivity index (χ1n) is 9.44. The third kappa shape index (κ3) is 5.32. The van der Waals surface area contributed by atoms with E-state index in [2.05, 4.69) is 25.9 Å². The molecule has 8 nitrogen and oxygen atoms in total. The maximum Gasteiger partial charge on any atom is 0.253 e. The van der Waals surface area contributed by atoms with Gasteiger partial charge in [0.05, 0.1) is 12.2 Å². The molecule has 0 aliphatic carbocycles. The Morgan fingerprint density at radius 3 is 2.79 bits per heavy atom. The maximum atomic E-state index is 12.2. The first kappa shape index (κ1) is 19.9. The van der Waals surface area contributed by atoms with E-state index in [1.807, 2.05) is 38.1 Å². The molecule has 1 saturated heterocycles. The fraction of sp³-hybridized carbons (Fsp3) is 0.450. The van der Waals surface area contributed by atoms with Crippen LogP contribution < -0.4 is 16.0 Å². The van der Waals surface area contributed by atoms with Crippen LogP contribution in [-0.4, -0.2) is 36.6 Å². The molecule has 2 heterocycles. The number of ether oxygens (including phenoxy) is 1. The largest absolute Gasteiger partial charge is 0.444 e. The zero-order valence-electron chi connectivity index (χ0n) is 16.5. The Morgan fingerprint density at radius 1 is 1.29 bits per heavy atom. The SMILES string of the molecule is CN=C(NCc1cccc(NC(=O)C2CCCO2)c1)NCc1nc(C)c(C)o1. The van der Waals surface area contributed by atoms with Crippen LogP contribution in [-0.2, 0) is 22.6 Å². The molecule has 0 spiro atoms. The number of aryl methyl sites for hydroxylation is 2. The highest BCUT2D eigenvalue weighted by molar-refractivity contribution is 5.94. The van der Waals surface area contributed by atoms with Crippen LogP contribution in [0, 0.1) is 13.8 Å². The van der Waals surface area contributed by atoms with Gasteiger partial charge in [-0.1, -0.05) is 12.1 Å². The Kier molecular flexibility index (Phi) is 6.65. The summed E-state index contributed by atoms with van der Waals surface area (Å²) in [6, 6.07) is 7.71. The average molecular weight is 385 g/mol. The van der Waals surface area contributed by atoms with Crippen molar-refractivity contribution in [3.8, 4) is 0 Å². The number of carbonyl (C=O) groups is 1. The summed E-state index contributed by atoms with van der Waals surface area (Å²) in [6.07, 6.45) is 1.37. The molecule has 1 unspecified atom stereocenters. The second-order valence-electron chi connectivity index (χ2n) is 6.72. The van der Waals surface area contributed by atoms with Crippen LogP contribution in [0.5, 0.6) is 0 Å². The third-order valence-corrected chi connectivity index (χ3v) is 4.58. The van der Waals surface area contributed by atoms with Crippen LogP contribution in [0.3, 0.4) is 0 Å². The standard InChI is InChI=1S/C20H27N5O3/c1-13-14(2)28-18(24-13)12-23-20(21-3)22-11-15-6-4-7-16(10-15)25-19(26)17-8-5-9-27-17/h4,6-7,10,17H,5,8-9,11-12H2,1-3H3,(H,25,26)(H2,21,22,23). The molecule has 1 aliphatic heterocycles. The summed E-state index contributed by atoms with van der Waals surface area (Å²) in [5, 5.41) is 9.34. The van der Waals surface area contributed by atoms with Gasteiger partial charge in [0, 0.05) is 25.9 Å². The maximum absolute atomic E-state index is 12.2. The number of amides is 1. The van der Waals surface area contributed by atoms with E-state index >= 15 is 0 Å². The van der Waals surface area contributed by atoms with Gasteiger partial charge < -0.3 is 25.1 Å². The lowest BCUT2D eigenvalue weighted by Gasteiger charge is -2.13. The van der Waals surface area contributed by atoms with E-state index < -0.39 is 0 Å². The van der Waals surface area contributed by atoms with Crippen molar-refractivity contribution in [2.75, 3.05) is 19.0 Å². The van der Waals surface area contributed by atoms with Crippen molar-refractivity contribution < 1.29 is 13.9 Å². The number of rotatable bonds is 6. The summed E-state index contributed by atoms with van der Waals surface area (Å²) < 4.78 is 11.0. The number of aliphatic imine (C=N–C) groups is 1. The smallest absolute Gasteiger partial charge is 0.253 e. The Hall–Kier alpha value is -2.87. The number of nitrogens with one attached hydrogen (secondary N) is 3. The molecular formula is C20H27N5O3. The number of carbonyl (C=O) groups excluding carboxylic acids is 1. The van der Waals surface area contributed by atoms with E-state index in [1.54, 1.807) is 7.05 Å². The minimum Gasteiger partial charge on any atom is -0.444 e. The van der Waals surface area contributed by atoms with Crippen molar-refractivity contribution >= 4 is 17.6 Å². The van der Waals surface area contributed by atoms with Crippen LogP contribution in [0.15, 0.2) is 33.7 Å². The lowest BCUT2D eigenvalue weighted by Crippen LogP contribution is -2.36. The predicted molar refractivity (Wildman–Crippen MR) is 107 cm³/mol. The first-order chi connectivity index (χ1) is 13.5. The number of hydrogen-bond acceptors (Lipinski definition) is 5. The minimum absolute atomic E-state index is 0.0865. The first-order valence-corrected chi connectivity index (χ1v) is 9.44. The highest BCUT2D eigenvalue weighted by Crippen LogP contribution is 2.16. The zero-order valence-corrected chi connectivity index (χ0v) is 16.5. The Bertz CT molecular complexity index is 821. The van der Waals surface area contributed by atoms with E-state index in [-0.39, 0.29) is 12.0 Å². The van der Waals surface area contributed by atoms with Crippen LogP contribution in [0.1, 0.15) is 35.7 Å². The van der Waals surface area contributed by atoms with Gasteiger partial charge in [-0.25, -0.2) is 4.98 Å². The summed E-state index contributed by atoms with van der Waals surface area (Å²) in [5.41, 5.74) is 2.67. The predicted octanol–water partition coefficient (Wildman–Crippen LogP) is 2.27. The topological polar surface area (TPSA) is 101 Å². The van der Waals surface area contributed by atoms with Crippen molar-refractivity contribution in [1.82, 2.24) is 15.6 Å². The van der Waals surface area contributed by atoms with Crippen molar-refractivity contribution in [3.05, 3.63) is 47.2 Å². The van der Waals surface area contributed by atoms with Gasteiger partial charge >= 0.3 is 0 Å². The molecule has 8 heteroatoms. The Morgan fingerprint density at radius 2 is 2.11 bits per heavy atom. The second kappa shape index (κ2) is 9.36.